The highest BCUT2D eigenvalue weighted by Crippen LogP contribution is 2.77. The lowest BCUT2D eigenvalue weighted by molar-refractivity contribution is -0.175. The zero-order valence-corrected chi connectivity index (χ0v) is 30.4. The van der Waals surface area contributed by atoms with Gasteiger partial charge in [-0.1, -0.05) is 54.0 Å². The first-order valence-corrected chi connectivity index (χ1v) is 18.8. The number of nitrogens with zero attached hydrogens (tertiary/aromatic N) is 3. The lowest BCUT2D eigenvalue weighted by Crippen LogP contribution is -2.65. The molecular formula is C40H58N6O2. The lowest BCUT2D eigenvalue weighted by Gasteiger charge is -2.71. The minimum absolute atomic E-state index is 0.0165. The summed E-state index contributed by atoms with van der Waals surface area (Å²) in [6.07, 6.45) is 10.7. The van der Waals surface area contributed by atoms with Crippen LogP contribution in [0.4, 0.5) is 11.6 Å². The summed E-state index contributed by atoms with van der Waals surface area (Å²) in [6, 6.07) is 4.55. The highest BCUT2D eigenvalue weighted by Gasteiger charge is 2.70. The number of fused-ring (bicyclic) bond motifs is 8. The first kappa shape index (κ1) is 32.3. The van der Waals surface area contributed by atoms with Gasteiger partial charge in [-0.25, -0.2) is 4.98 Å². The Morgan fingerprint density at radius 2 is 1.71 bits per heavy atom. The molecule has 5 aliphatic carbocycles. The van der Waals surface area contributed by atoms with Gasteiger partial charge in [-0.05, 0) is 120 Å². The lowest BCUT2D eigenvalue weighted by atomic mass is 9.33. The quantitative estimate of drug-likeness (QED) is 0.276. The molecule has 0 spiro atoms. The summed E-state index contributed by atoms with van der Waals surface area (Å²) in [6.45, 7) is 21.2. The zero-order valence-electron chi connectivity index (χ0n) is 30.4. The Labute approximate surface area is 287 Å². The van der Waals surface area contributed by atoms with Crippen molar-refractivity contribution in [1.82, 2.24) is 20.5 Å². The van der Waals surface area contributed by atoms with Crippen LogP contribution >= 0.6 is 0 Å². The molecule has 8 heteroatoms. The summed E-state index contributed by atoms with van der Waals surface area (Å²) in [5.74, 6) is 2.05. The third-order valence-electron chi connectivity index (χ3n) is 15.9. The number of aromatic amines is 1. The second kappa shape index (κ2) is 10.3. The summed E-state index contributed by atoms with van der Waals surface area (Å²) in [4.78, 5) is 21.0. The van der Waals surface area contributed by atoms with E-state index >= 15 is 0 Å². The molecule has 0 bridgehead atoms. The van der Waals surface area contributed by atoms with Crippen LogP contribution in [0.2, 0.25) is 0 Å². The highest BCUT2D eigenvalue weighted by atomic mass is 16.4. The Morgan fingerprint density at radius 3 is 2.40 bits per heavy atom. The first-order chi connectivity index (χ1) is 22.6. The molecule has 0 radical (unpaired) electrons. The van der Waals surface area contributed by atoms with Gasteiger partial charge in [0, 0.05) is 49.0 Å². The Hall–Kier alpha value is -2.87. The average molecular weight is 655 g/mol. The van der Waals surface area contributed by atoms with Crippen molar-refractivity contribution in [3.05, 3.63) is 40.7 Å². The van der Waals surface area contributed by atoms with Crippen molar-refractivity contribution < 1.29 is 9.90 Å². The molecule has 6 aliphatic rings. The standard InChI is InChI=1S/C40H58N6O2/c1-35(2)12-14-40(34(47)48)15-13-39(7)31(27(40)22-35)25(24-8-9-30(43-23-24)46-18-16-42-17-19-46)20-29-37(5)21-26-32(44-45-33(26)41)36(3,4)28(37)10-11-38(29,39)6/h8-9,23,27-29,42H,10-22H2,1-7H3,(H,47,48)(H3,41,44,45)/t27?,28?,29?,37-,38+,39+,40-/m0/s1. The number of nitrogens with one attached hydrogen (secondary N) is 2. The van der Waals surface area contributed by atoms with Crippen LogP contribution in [0.5, 0.6) is 0 Å². The van der Waals surface area contributed by atoms with Gasteiger partial charge < -0.3 is 21.1 Å². The Balaban J connectivity index is 1.33. The summed E-state index contributed by atoms with van der Waals surface area (Å²) in [7, 11) is 0. The predicted octanol–water partition coefficient (Wildman–Crippen LogP) is 7.22. The molecule has 2 aromatic rings. The maximum absolute atomic E-state index is 13.5. The minimum atomic E-state index is -0.693. The number of carboxylic acid groups (broad SMARTS) is 1. The van der Waals surface area contributed by atoms with Crippen LogP contribution in [-0.2, 0) is 16.6 Å². The number of anilines is 2. The molecule has 4 fully saturated rings. The largest absolute Gasteiger partial charge is 0.481 e. The van der Waals surface area contributed by atoms with E-state index < -0.39 is 11.4 Å². The molecule has 0 aromatic carbocycles. The van der Waals surface area contributed by atoms with Gasteiger partial charge >= 0.3 is 5.97 Å². The number of hydrogen-bond acceptors (Lipinski definition) is 6. The monoisotopic (exact) mass is 654 g/mol. The van der Waals surface area contributed by atoms with E-state index in [2.05, 4.69) is 87.2 Å². The number of nitrogen functional groups attached to an aromatic ring is 1. The molecule has 8 rings (SSSR count). The van der Waals surface area contributed by atoms with Gasteiger partial charge in [0.15, 0.2) is 0 Å². The fourth-order valence-corrected chi connectivity index (χ4v) is 13.1. The normalized spacial score (nSPS) is 39.8. The van der Waals surface area contributed by atoms with Crippen LogP contribution in [0, 0.1) is 44.8 Å². The fourth-order valence-electron chi connectivity index (χ4n) is 13.1. The highest BCUT2D eigenvalue weighted by molar-refractivity contribution is 5.80. The number of H-pyrrole nitrogens is 1. The van der Waals surface area contributed by atoms with Gasteiger partial charge in [0.25, 0.3) is 0 Å². The number of aliphatic carboxylic acids is 1. The second-order valence-electron chi connectivity index (χ2n) is 18.9. The molecule has 1 saturated heterocycles. The van der Waals surface area contributed by atoms with Crippen LogP contribution < -0.4 is 16.0 Å². The van der Waals surface area contributed by atoms with E-state index in [4.69, 9.17) is 10.7 Å². The maximum Gasteiger partial charge on any atom is 0.310 e. The van der Waals surface area contributed by atoms with Crippen LogP contribution in [0.3, 0.4) is 0 Å². The molecule has 260 valence electrons. The Kier molecular flexibility index (Phi) is 6.96. The second-order valence-corrected chi connectivity index (χ2v) is 18.9. The maximum atomic E-state index is 13.5. The van der Waals surface area contributed by atoms with Crippen molar-refractivity contribution in [3.63, 3.8) is 0 Å². The molecule has 5 N–H and O–H groups in total. The van der Waals surface area contributed by atoms with Crippen molar-refractivity contribution in [1.29, 1.82) is 0 Å². The number of pyridine rings is 1. The summed E-state index contributed by atoms with van der Waals surface area (Å²) in [5.41, 5.74) is 12.4. The summed E-state index contributed by atoms with van der Waals surface area (Å²) < 4.78 is 0. The number of piperazine rings is 1. The van der Waals surface area contributed by atoms with E-state index in [0.717, 1.165) is 89.8 Å². The smallest absolute Gasteiger partial charge is 0.310 e. The number of aromatic nitrogens is 3. The summed E-state index contributed by atoms with van der Waals surface area (Å²) in [5, 5.41) is 22.5. The van der Waals surface area contributed by atoms with Crippen LogP contribution in [0.25, 0.3) is 5.57 Å². The van der Waals surface area contributed by atoms with Crippen molar-refractivity contribution in [3.8, 4) is 0 Å². The number of nitrogens with two attached hydrogens (primary N) is 1. The molecule has 3 saturated carbocycles. The fraction of sp³-hybridized carbons (Fsp3) is 0.725. The third kappa shape index (κ3) is 4.19. The predicted molar refractivity (Wildman–Crippen MR) is 192 cm³/mol. The topological polar surface area (TPSA) is 120 Å². The number of hydrogen-bond donors (Lipinski definition) is 4. The van der Waals surface area contributed by atoms with Gasteiger partial charge in [0.05, 0.1) is 5.41 Å². The van der Waals surface area contributed by atoms with Crippen molar-refractivity contribution >= 4 is 23.2 Å². The van der Waals surface area contributed by atoms with Crippen LogP contribution in [0.1, 0.15) is 117 Å². The van der Waals surface area contributed by atoms with Gasteiger partial charge in [-0.15, -0.1) is 0 Å². The van der Waals surface area contributed by atoms with E-state index in [0.29, 0.717) is 17.7 Å². The molecule has 8 nitrogen and oxygen atoms in total. The van der Waals surface area contributed by atoms with Crippen molar-refractivity contribution in [2.24, 2.45) is 44.8 Å². The number of allylic oxidation sites excluding steroid dienone is 2. The average Bonchev–Trinajstić information content (AvgIpc) is 3.41. The molecule has 7 atom stereocenters. The minimum Gasteiger partial charge on any atom is -0.481 e. The van der Waals surface area contributed by atoms with E-state index in [1.165, 1.54) is 28.0 Å². The van der Waals surface area contributed by atoms with E-state index in [1.807, 2.05) is 0 Å². The summed E-state index contributed by atoms with van der Waals surface area (Å²) >= 11 is 0. The van der Waals surface area contributed by atoms with Crippen LogP contribution in [0.15, 0.2) is 23.9 Å². The molecule has 2 aromatic heterocycles. The van der Waals surface area contributed by atoms with E-state index in [1.54, 1.807) is 0 Å². The van der Waals surface area contributed by atoms with Crippen LogP contribution in [-0.4, -0.2) is 52.4 Å². The van der Waals surface area contributed by atoms with E-state index in [9.17, 15) is 9.90 Å². The Morgan fingerprint density at radius 1 is 0.979 bits per heavy atom. The zero-order chi connectivity index (χ0) is 34.1. The van der Waals surface area contributed by atoms with Crippen molar-refractivity contribution in [2.75, 3.05) is 36.8 Å². The molecular weight excluding hydrogens is 596 g/mol. The van der Waals surface area contributed by atoms with Crippen molar-refractivity contribution in [2.45, 2.75) is 112 Å². The van der Waals surface area contributed by atoms with Gasteiger partial charge in [-0.2, -0.15) is 5.10 Å². The SMILES string of the molecule is CC1(C)CC[C@]2(C(=O)O)CC[C@]3(C)C(=C(c4ccc(N5CCNCC5)nc4)CC4[C@@]5(C)Cc6c(N)n[nH]c6C(C)(C)C5CC[C@]43C)C2C1. The third-order valence-corrected chi connectivity index (χ3v) is 15.9. The number of rotatable bonds is 3. The number of carboxylic acids is 1. The van der Waals surface area contributed by atoms with Gasteiger partial charge in [-0.3, -0.25) is 9.89 Å². The molecule has 1 aliphatic heterocycles. The van der Waals surface area contributed by atoms with Gasteiger partial charge in [0.2, 0.25) is 0 Å². The molecule has 48 heavy (non-hydrogen) atoms. The van der Waals surface area contributed by atoms with Gasteiger partial charge in [0.1, 0.15) is 11.6 Å². The molecule has 0 amide bonds. The first-order valence-electron chi connectivity index (χ1n) is 18.8. The molecule has 3 heterocycles. The Bertz CT molecular complexity index is 1670. The number of carbonyl (C=O) groups is 1. The molecule has 3 unspecified atom stereocenters. The van der Waals surface area contributed by atoms with E-state index in [-0.39, 0.29) is 33.0 Å².